The van der Waals surface area contributed by atoms with E-state index in [1.807, 2.05) is 6.92 Å². The summed E-state index contributed by atoms with van der Waals surface area (Å²) in [5.41, 5.74) is -0.338. The normalized spacial score (nSPS) is 11.7. The molecule has 0 saturated carbocycles. The zero-order valence-electron chi connectivity index (χ0n) is 17.5. The molecular formula is C24H23F3NO4+. The van der Waals surface area contributed by atoms with Crippen LogP contribution in [-0.4, -0.2) is 18.2 Å². The van der Waals surface area contributed by atoms with Crippen LogP contribution in [0.4, 0.5) is 13.2 Å². The number of ether oxygens (including phenoxy) is 1. The van der Waals surface area contributed by atoms with Crippen molar-refractivity contribution in [3.05, 3.63) is 88.8 Å². The average Bonchev–Trinajstić information content (AvgIpc) is 2.73. The van der Waals surface area contributed by atoms with Gasteiger partial charge in [0.25, 0.3) is 5.76 Å². The number of hydrogen-bond donors (Lipinski definition) is 2. The first kappa shape index (κ1) is 23.1. The topological polar surface area (TPSA) is 64.1 Å². The third-order valence-electron chi connectivity index (χ3n) is 4.89. The van der Waals surface area contributed by atoms with Crippen LogP contribution in [0.5, 0.6) is 17.2 Å². The molecule has 0 atom stereocenters. The van der Waals surface area contributed by atoms with Gasteiger partial charge >= 0.3 is 6.18 Å². The van der Waals surface area contributed by atoms with Crippen molar-refractivity contribution in [1.82, 2.24) is 0 Å². The Morgan fingerprint density at radius 1 is 1.09 bits per heavy atom. The summed E-state index contributed by atoms with van der Waals surface area (Å²) in [7, 11) is 0. The van der Waals surface area contributed by atoms with E-state index in [2.05, 4.69) is 13.2 Å². The van der Waals surface area contributed by atoms with E-state index in [1.165, 1.54) is 24.3 Å². The fourth-order valence-electron chi connectivity index (χ4n) is 3.35. The van der Waals surface area contributed by atoms with E-state index in [0.717, 1.165) is 10.5 Å². The number of alkyl halides is 3. The summed E-state index contributed by atoms with van der Waals surface area (Å²) in [6.45, 7) is 10.2. The number of quaternary nitrogens is 1. The Labute approximate surface area is 182 Å². The van der Waals surface area contributed by atoms with Gasteiger partial charge in [-0.15, -0.1) is 0 Å². The van der Waals surface area contributed by atoms with Gasteiger partial charge in [-0.25, -0.2) is 0 Å². The highest BCUT2D eigenvalue weighted by Crippen LogP contribution is 2.39. The van der Waals surface area contributed by atoms with Gasteiger partial charge in [-0.05, 0) is 43.3 Å². The Balaban J connectivity index is 2.22. The highest BCUT2D eigenvalue weighted by atomic mass is 19.4. The molecule has 2 N–H and O–H groups in total. The Morgan fingerprint density at radius 2 is 1.72 bits per heavy atom. The van der Waals surface area contributed by atoms with Gasteiger partial charge in [0.1, 0.15) is 18.0 Å². The van der Waals surface area contributed by atoms with E-state index in [1.54, 1.807) is 24.3 Å². The molecule has 0 amide bonds. The van der Waals surface area contributed by atoms with Crippen molar-refractivity contribution in [2.24, 2.45) is 0 Å². The molecule has 2 aromatic carbocycles. The molecule has 0 saturated heterocycles. The Kier molecular flexibility index (Phi) is 6.74. The van der Waals surface area contributed by atoms with Crippen molar-refractivity contribution >= 4 is 11.0 Å². The fraction of sp³-hybridized carbons (Fsp3) is 0.208. The maximum atomic E-state index is 13.9. The minimum atomic E-state index is -5.00. The zero-order valence-corrected chi connectivity index (χ0v) is 17.5. The molecule has 8 heteroatoms. The molecule has 0 fully saturated rings. The number of aromatic hydroxyl groups is 1. The second kappa shape index (κ2) is 9.32. The van der Waals surface area contributed by atoms with E-state index in [-0.39, 0.29) is 34.6 Å². The summed E-state index contributed by atoms with van der Waals surface area (Å²) in [5, 5.41) is 10.2. The highest BCUT2D eigenvalue weighted by Gasteiger charge is 2.41. The molecule has 3 rings (SSSR count). The minimum absolute atomic E-state index is 0.0688. The molecule has 5 nitrogen and oxygen atoms in total. The predicted molar refractivity (Wildman–Crippen MR) is 115 cm³/mol. The summed E-state index contributed by atoms with van der Waals surface area (Å²) >= 11 is 0. The maximum Gasteiger partial charge on any atom is 0.453 e. The maximum absolute atomic E-state index is 13.9. The van der Waals surface area contributed by atoms with Gasteiger partial charge in [-0.1, -0.05) is 30.9 Å². The quantitative estimate of drug-likeness (QED) is 0.505. The minimum Gasteiger partial charge on any atom is -0.507 e. The molecule has 0 bridgehead atoms. The molecular weight excluding hydrogens is 423 g/mol. The molecule has 0 aliphatic carbocycles. The summed E-state index contributed by atoms with van der Waals surface area (Å²) in [5.74, 6) is -2.71. The van der Waals surface area contributed by atoms with Crippen LogP contribution in [-0.2, 0) is 12.7 Å². The van der Waals surface area contributed by atoms with Crippen LogP contribution >= 0.6 is 0 Å². The molecule has 0 unspecified atom stereocenters. The molecule has 3 aromatic rings. The van der Waals surface area contributed by atoms with Gasteiger partial charge in [-0.2, -0.15) is 13.2 Å². The van der Waals surface area contributed by atoms with Gasteiger partial charge in [0.2, 0.25) is 11.2 Å². The highest BCUT2D eigenvalue weighted by molar-refractivity contribution is 5.83. The number of phenols is 1. The Hall–Kier alpha value is -3.52. The fourth-order valence-corrected chi connectivity index (χ4v) is 3.35. The predicted octanol–water partition coefficient (Wildman–Crippen LogP) is 4.38. The summed E-state index contributed by atoms with van der Waals surface area (Å²) in [6.07, 6.45) is -1.71. The van der Waals surface area contributed by atoms with Crippen molar-refractivity contribution in [3.8, 4) is 17.2 Å². The molecule has 0 aliphatic heterocycles. The van der Waals surface area contributed by atoms with E-state index in [0.29, 0.717) is 13.1 Å². The third-order valence-corrected chi connectivity index (χ3v) is 4.89. The Bertz CT molecular complexity index is 1190. The number of hydrogen-bond acceptors (Lipinski definition) is 4. The summed E-state index contributed by atoms with van der Waals surface area (Å²) < 4.78 is 52.1. The van der Waals surface area contributed by atoms with Crippen molar-refractivity contribution in [3.63, 3.8) is 0 Å². The lowest BCUT2D eigenvalue weighted by molar-refractivity contribution is -0.902. The van der Waals surface area contributed by atoms with Gasteiger partial charge in [-0.3, -0.25) is 4.79 Å². The molecule has 0 aliphatic rings. The van der Waals surface area contributed by atoms with E-state index >= 15 is 0 Å². The van der Waals surface area contributed by atoms with Crippen molar-refractivity contribution < 1.29 is 32.3 Å². The van der Waals surface area contributed by atoms with Crippen LogP contribution < -0.4 is 15.1 Å². The number of halogens is 3. The lowest BCUT2D eigenvalue weighted by Gasteiger charge is -2.19. The first-order chi connectivity index (χ1) is 15.2. The summed E-state index contributed by atoms with van der Waals surface area (Å²) in [6, 6.07) is 8.72. The molecule has 0 spiro atoms. The smallest absolute Gasteiger partial charge is 0.453 e. The van der Waals surface area contributed by atoms with Crippen LogP contribution in [0.3, 0.4) is 0 Å². The average molecular weight is 446 g/mol. The lowest BCUT2D eigenvalue weighted by Crippen LogP contribution is -3.10. The monoisotopic (exact) mass is 446 g/mol. The van der Waals surface area contributed by atoms with Gasteiger partial charge < -0.3 is 19.2 Å². The van der Waals surface area contributed by atoms with E-state index in [9.17, 15) is 23.1 Å². The molecule has 1 aromatic heterocycles. The van der Waals surface area contributed by atoms with Crippen molar-refractivity contribution in [2.45, 2.75) is 19.6 Å². The van der Waals surface area contributed by atoms with Crippen molar-refractivity contribution in [2.75, 3.05) is 13.1 Å². The lowest BCUT2D eigenvalue weighted by atomic mass is 10.1. The number of benzene rings is 2. The molecule has 32 heavy (non-hydrogen) atoms. The SMILES string of the molecule is C=CC[NH+](CC=C)Cc1c(O)ccc2c(=O)c(Oc3ccc(C)cc3)c(C(F)(F)F)oc12. The largest absolute Gasteiger partial charge is 0.507 e. The number of rotatable bonds is 8. The molecule has 0 radical (unpaired) electrons. The van der Waals surface area contributed by atoms with Gasteiger partial charge in [0, 0.05) is 0 Å². The number of fused-ring (bicyclic) bond motifs is 1. The van der Waals surface area contributed by atoms with Crippen LogP contribution in [0.15, 0.2) is 70.9 Å². The third kappa shape index (κ3) is 4.86. The van der Waals surface area contributed by atoms with Crippen LogP contribution in [0, 0.1) is 6.92 Å². The van der Waals surface area contributed by atoms with Gasteiger partial charge in [0.15, 0.2) is 5.58 Å². The number of aryl methyl sites for hydroxylation is 1. The second-order valence-electron chi connectivity index (χ2n) is 7.35. The molecule has 168 valence electrons. The van der Waals surface area contributed by atoms with Crippen molar-refractivity contribution in [1.29, 1.82) is 0 Å². The Morgan fingerprint density at radius 3 is 2.28 bits per heavy atom. The van der Waals surface area contributed by atoms with Crippen LogP contribution in [0.25, 0.3) is 11.0 Å². The van der Waals surface area contributed by atoms with Crippen LogP contribution in [0.2, 0.25) is 0 Å². The van der Waals surface area contributed by atoms with Gasteiger partial charge in [0.05, 0.1) is 24.0 Å². The van der Waals surface area contributed by atoms with E-state index < -0.39 is 23.1 Å². The second-order valence-corrected chi connectivity index (χ2v) is 7.35. The molecule has 1 heterocycles. The summed E-state index contributed by atoms with van der Waals surface area (Å²) in [4.78, 5) is 13.9. The first-order valence-corrected chi connectivity index (χ1v) is 9.84. The zero-order chi connectivity index (χ0) is 23.5. The van der Waals surface area contributed by atoms with E-state index in [4.69, 9.17) is 9.15 Å². The number of nitrogens with one attached hydrogen (secondary N) is 1. The standard InChI is InChI=1S/C24H22F3NO4/c1-4-12-28(13-5-2)14-18-19(29)11-10-17-20(30)22(23(24(25,26)27)32-21(17)18)31-16-8-6-15(3)7-9-16/h4-11,29H,1-2,12-14H2,3H3/p+1. The first-order valence-electron chi connectivity index (χ1n) is 9.84. The number of phenolic OH excluding ortho intramolecular Hbond substituents is 1. The van der Waals surface area contributed by atoms with Crippen LogP contribution in [0.1, 0.15) is 16.9 Å².